The summed E-state index contributed by atoms with van der Waals surface area (Å²) in [7, 11) is -3.69. The van der Waals surface area contributed by atoms with Crippen molar-refractivity contribution in [1.29, 1.82) is 0 Å². The van der Waals surface area contributed by atoms with Gasteiger partial charge in [0.05, 0.1) is 11.5 Å². The average molecular weight is 473 g/mol. The normalized spacial score (nSPS) is 41.6. The maximum absolute atomic E-state index is 12.8. The first-order valence-electron chi connectivity index (χ1n) is 13.6. The molecule has 0 heterocycles. The van der Waals surface area contributed by atoms with Gasteiger partial charge in [0.1, 0.15) is 0 Å². The van der Waals surface area contributed by atoms with Crippen molar-refractivity contribution < 1.29 is 12.6 Å². The highest BCUT2D eigenvalue weighted by Gasteiger charge is 2.60. The quantitative estimate of drug-likeness (QED) is 0.420. The van der Waals surface area contributed by atoms with E-state index < -0.39 is 10.1 Å². The van der Waals surface area contributed by atoms with Gasteiger partial charge in [-0.3, -0.25) is 4.18 Å². The number of hydrogen-bond acceptors (Lipinski definition) is 3. The lowest BCUT2D eigenvalue weighted by Gasteiger charge is -2.60. The second kappa shape index (κ2) is 8.66. The summed E-state index contributed by atoms with van der Waals surface area (Å²) in [6.07, 6.45) is 14.0. The largest absolute Gasteiger partial charge is 0.296 e. The van der Waals surface area contributed by atoms with E-state index in [4.69, 9.17) is 4.18 Å². The molecule has 33 heavy (non-hydrogen) atoms. The molecular weight excluding hydrogens is 428 g/mol. The van der Waals surface area contributed by atoms with Crippen LogP contribution in [-0.2, 0) is 14.3 Å². The lowest BCUT2D eigenvalue weighted by Crippen LogP contribution is -2.53. The van der Waals surface area contributed by atoms with Crippen LogP contribution in [-0.4, -0.2) is 15.0 Å². The fraction of sp³-hybridized carbons (Fsp3) is 0.793. The van der Waals surface area contributed by atoms with Crippen LogP contribution in [0.4, 0.5) is 0 Å². The van der Waals surface area contributed by atoms with Crippen LogP contribution >= 0.6 is 0 Å². The van der Waals surface area contributed by atoms with Gasteiger partial charge in [-0.2, -0.15) is 8.42 Å². The van der Waals surface area contributed by atoms with E-state index in [2.05, 4.69) is 20.8 Å². The Morgan fingerprint density at radius 1 is 0.909 bits per heavy atom. The Balaban J connectivity index is 1.28. The van der Waals surface area contributed by atoms with Crippen molar-refractivity contribution in [3.63, 3.8) is 0 Å². The fourth-order valence-electron chi connectivity index (χ4n) is 9.36. The number of aryl methyl sites for hydroxylation is 1. The van der Waals surface area contributed by atoms with Crippen molar-refractivity contribution >= 4 is 10.1 Å². The van der Waals surface area contributed by atoms with Crippen LogP contribution in [0.1, 0.15) is 90.5 Å². The summed E-state index contributed by atoms with van der Waals surface area (Å²) in [5, 5.41) is 0. The minimum absolute atomic E-state index is 0.262. The minimum Gasteiger partial charge on any atom is -0.266 e. The van der Waals surface area contributed by atoms with Gasteiger partial charge in [0.2, 0.25) is 0 Å². The highest BCUT2D eigenvalue weighted by Crippen LogP contribution is 2.68. The summed E-state index contributed by atoms with van der Waals surface area (Å²) in [5.74, 6) is 4.41. The number of rotatable bonds is 5. The van der Waals surface area contributed by atoms with E-state index in [1.807, 2.05) is 19.1 Å². The van der Waals surface area contributed by atoms with Gasteiger partial charge in [-0.25, -0.2) is 0 Å². The van der Waals surface area contributed by atoms with Crippen molar-refractivity contribution in [1.82, 2.24) is 0 Å². The molecule has 0 saturated heterocycles. The zero-order valence-electron chi connectivity index (χ0n) is 21.2. The van der Waals surface area contributed by atoms with Crippen LogP contribution in [0.15, 0.2) is 29.2 Å². The summed E-state index contributed by atoms with van der Waals surface area (Å²) < 4.78 is 31.1. The zero-order chi connectivity index (χ0) is 23.4. The van der Waals surface area contributed by atoms with Crippen LogP contribution in [0.25, 0.3) is 0 Å². The lowest BCUT2D eigenvalue weighted by molar-refractivity contribution is -0.115. The fourth-order valence-corrected chi connectivity index (χ4v) is 10.4. The van der Waals surface area contributed by atoms with Crippen molar-refractivity contribution in [2.24, 2.45) is 46.3 Å². The molecule has 4 saturated carbocycles. The van der Waals surface area contributed by atoms with Crippen LogP contribution < -0.4 is 0 Å². The topological polar surface area (TPSA) is 43.4 Å². The van der Waals surface area contributed by atoms with Crippen LogP contribution in [0, 0.1) is 53.3 Å². The summed E-state index contributed by atoms with van der Waals surface area (Å²) in [6, 6.07) is 6.99. The molecule has 0 amide bonds. The van der Waals surface area contributed by atoms with Gasteiger partial charge in [-0.1, -0.05) is 51.3 Å². The van der Waals surface area contributed by atoms with Crippen LogP contribution in [0.2, 0.25) is 0 Å². The maximum atomic E-state index is 12.8. The highest BCUT2D eigenvalue weighted by atomic mass is 32.2. The molecule has 4 fully saturated rings. The van der Waals surface area contributed by atoms with E-state index in [0.717, 1.165) is 29.2 Å². The molecule has 0 N–H and O–H groups in total. The summed E-state index contributed by atoms with van der Waals surface area (Å²) in [5.41, 5.74) is 1.98. The first-order valence-corrected chi connectivity index (χ1v) is 15.0. The Bertz CT molecular complexity index is 954. The Morgan fingerprint density at radius 2 is 1.64 bits per heavy atom. The van der Waals surface area contributed by atoms with Gasteiger partial charge in [0, 0.05) is 0 Å². The lowest BCUT2D eigenvalue weighted by atomic mass is 9.44. The molecule has 1 unspecified atom stereocenters. The number of hydrogen-bond donors (Lipinski definition) is 0. The molecule has 3 nitrogen and oxygen atoms in total. The van der Waals surface area contributed by atoms with Gasteiger partial charge in [-0.05, 0) is 117 Å². The Hall–Kier alpha value is -0.870. The molecule has 0 radical (unpaired) electrons. The molecule has 8 atom stereocenters. The number of fused-ring (bicyclic) bond motifs is 5. The molecular formula is C29H44O3S. The van der Waals surface area contributed by atoms with Gasteiger partial charge in [-0.15, -0.1) is 0 Å². The van der Waals surface area contributed by atoms with Crippen molar-refractivity contribution in [3.05, 3.63) is 29.8 Å². The molecule has 0 spiro atoms. The Labute approximate surface area is 202 Å². The van der Waals surface area contributed by atoms with E-state index in [0.29, 0.717) is 23.4 Å². The van der Waals surface area contributed by atoms with E-state index in [9.17, 15) is 8.42 Å². The second-order valence-corrected chi connectivity index (χ2v) is 14.3. The third-order valence-electron chi connectivity index (χ3n) is 11.1. The molecule has 0 aromatic heterocycles. The van der Waals surface area contributed by atoms with Crippen molar-refractivity contribution in [2.45, 2.75) is 96.8 Å². The molecule has 1 aromatic rings. The summed E-state index contributed by atoms with van der Waals surface area (Å²) >= 11 is 0. The van der Waals surface area contributed by atoms with E-state index in [-0.39, 0.29) is 10.8 Å². The SMILES string of the molecule is Cc1ccc(S(=O)(=O)OC[C@@H](C)[C@H]2CC[C@H]3[C@@H]4CCC5CCCC[C@]5(C)[C@H]4CC[C@]23C)cc1. The van der Waals surface area contributed by atoms with Crippen molar-refractivity contribution in [2.75, 3.05) is 6.61 Å². The average Bonchev–Trinajstić information content (AvgIpc) is 3.15. The third kappa shape index (κ3) is 4.01. The molecule has 4 heteroatoms. The predicted octanol–water partition coefficient (Wildman–Crippen LogP) is 7.39. The molecule has 5 rings (SSSR count). The predicted molar refractivity (Wildman–Crippen MR) is 133 cm³/mol. The van der Waals surface area contributed by atoms with E-state index in [1.165, 1.54) is 64.2 Å². The molecule has 4 aliphatic rings. The summed E-state index contributed by atoms with van der Waals surface area (Å²) in [4.78, 5) is 0.272. The Morgan fingerprint density at radius 3 is 2.39 bits per heavy atom. The minimum atomic E-state index is -3.69. The summed E-state index contributed by atoms with van der Waals surface area (Å²) in [6.45, 7) is 9.69. The van der Waals surface area contributed by atoms with Crippen molar-refractivity contribution in [3.8, 4) is 0 Å². The van der Waals surface area contributed by atoms with E-state index >= 15 is 0 Å². The standard InChI is InChI=1S/C29H44O3S/c1-20-8-11-23(12-9-20)33(30,31)32-19-21(2)25-14-15-26-24-13-10-22-7-5-6-17-28(22,3)27(24)16-18-29(25,26)4/h8-9,11-12,21-22,24-27H,5-7,10,13-19H2,1-4H3/t21-,22?,24+,25-,26+,27+,28+,29-/m1/s1. The molecule has 184 valence electrons. The highest BCUT2D eigenvalue weighted by molar-refractivity contribution is 7.86. The van der Waals surface area contributed by atoms with Crippen LogP contribution in [0.3, 0.4) is 0 Å². The number of benzene rings is 1. The van der Waals surface area contributed by atoms with Gasteiger partial charge in [0.25, 0.3) is 10.1 Å². The molecule has 4 aliphatic carbocycles. The molecule has 0 aliphatic heterocycles. The third-order valence-corrected chi connectivity index (χ3v) is 12.4. The van der Waals surface area contributed by atoms with E-state index in [1.54, 1.807) is 12.1 Å². The van der Waals surface area contributed by atoms with Gasteiger partial charge >= 0.3 is 0 Å². The first kappa shape index (κ1) is 23.9. The Kier molecular flexibility index (Phi) is 6.26. The zero-order valence-corrected chi connectivity index (χ0v) is 22.0. The molecule has 0 bridgehead atoms. The maximum Gasteiger partial charge on any atom is 0.296 e. The van der Waals surface area contributed by atoms with Gasteiger partial charge < -0.3 is 0 Å². The smallest absolute Gasteiger partial charge is 0.266 e. The van der Waals surface area contributed by atoms with Crippen LogP contribution in [0.5, 0.6) is 0 Å². The molecule has 1 aromatic carbocycles. The second-order valence-electron chi connectivity index (χ2n) is 12.7. The monoisotopic (exact) mass is 472 g/mol. The van der Waals surface area contributed by atoms with Gasteiger partial charge in [0.15, 0.2) is 0 Å². The first-order chi connectivity index (χ1) is 15.6.